The number of carbonyl (C=O) groups is 2. The van der Waals surface area contributed by atoms with E-state index < -0.39 is 70.5 Å². The van der Waals surface area contributed by atoms with E-state index in [4.69, 9.17) is 0 Å². The van der Waals surface area contributed by atoms with E-state index in [1.165, 1.54) is 18.2 Å². The summed E-state index contributed by atoms with van der Waals surface area (Å²) < 4.78 is 93.1. The Balaban J connectivity index is 2.01. The van der Waals surface area contributed by atoms with Gasteiger partial charge < -0.3 is 20.6 Å². The second kappa shape index (κ2) is 9.99. The lowest BCUT2D eigenvalue weighted by atomic mass is 9.78. The van der Waals surface area contributed by atoms with E-state index in [9.17, 15) is 45.4 Å². The van der Waals surface area contributed by atoms with Crippen molar-refractivity contribution < 1.29 is 45.4 Å². The second-order valence-electron chi connectivity index (χ2n) is 10.3. The highest BCUT2D eigenvalue weighted by Gasteiger charge is 2.50. The molecule has 13 heteroatoms. The van der Waals surface area contributed by atoms with Gasteiger partial charge in [0.25, 0.3) is 0 Å². The standard InChI is InChI=1S/C25H26F7N3O3/c1-12-7-15(26)5-6-17(12)18-11-35(22(37)38)20(23(2,3)4)19(18)34-21(36)33-16-9-13(24(27,28)29)8-14(10-16)25(30,31)32/h5-10,18-20H,11H2,1-4H3,(H,37,38)(H2,33,34,36)/t18-,19-,20?/m0/s1. The average molecular weight is 549 g/mol. The van der Waals surface area contributed by atoms with Crippen LogP contribution in [0.15, 0.2) is 36.4 Å². The molecule has 1 fully saturated rings. The normalized spacial score (nSPS) is 20.4. The van der Waals surface area contributed by atoms with Crippen molar-refractivity contribution in [1.29, 1.82) is 0 Å². The first-order valence-corrected chi connectivity index (χ1v) is 11.4. The number of amides is 3. The number of hydrogen-bond acceptors (Lipinski definition) is 2. The molecule has 1 aliphatic heterocycles. The van der Waals surface area contributed by atoms with Crippen LogP contribution >= 0.6 is 0 Å². The van der Waals surface area contributed by atoms with Gasteiger partial charge in [0.15, 0.2) is 0 Å². The van der Waals surface area contributed by atoms with Crippen molar-refractivity contribution in [2.24, 2.45) is 5.41 Å². The average Bonchev–Trinajstić information content (AvgIpc) is 3.11. The number of nitrogens with zero attached hydrogens (tertiary/aromatic N) is 1. The van der Waals surface area contributed by atoms with Crippen LogP contribution in [0.5, 0.6) is 0 Å². The third-order valence-electron chi connectivity index (χ3n) is 6.41. The molecule has 0 spiro atoms. The molecule has 3 N–H and O–H groups in total. The predicted molar refractivity (Wildman–Crippen MR) is 124 cm³/mol. The number of nitrogens with one attached hydrogen (secondary N) is 2. The summed E-state index contributed by atoms with van der Waals surface area (Å²) in [6.07, 6.45) is -11.5. The van der Waals surface area contributed by atoms with Gasteiger partial charge in [-0.1, -0.05) is 26.8 Å². The zero-order chi connectivity index (χ0) is 28.8. The SMILES string of the molecule is Cc1cc(F)ccc1[C@@H]1CN(C(=O)O)C(C(C)(C)C)[C@H]1NC(=O)Nc1cc(C(F)(F)F)cc(C(F)(F)F)c1. The van der Waals surface area contributed by atoms with Crippen molar-refractivity contribution in [3.63, 3.8) is 0 Å². The van der Waals surface area contributed by atoms with E-state index in [1.54, 1.807) is 27.7 Å². The molecule has 0 aliphatic carbocycles. The fraction of sp³-hybridized carbons (Fsp3) is 0.440. The van der Waals surface area contributed by atoms with Gasteiger partial charge in [0.1, 0.15) is 5.82 Å². The Morgan fingerprint density at radius 2 is 1.50 bits per heavy atom. The molecule has 3 rings (SSSR count). The maximum absolute atomic E-state index is 13.7. The number of anilines is 1. The van der Waals surface area contributed by atoms with Crippen molar-refractivity contribution in [3.05, 3.63) is 64.5 Å². The van der Waals surface area contributed by atoms with Gasteiger partial charge in [0, 0.05) is 18.2 Å². The van der Waals surface area contributed by atoms with Crippen LogP contribution in [-0.2, 0) is 12.4 Å². The van der Waals surface area contributed by atoms with E-state index in [2.05, 4.69) is 5.32 Å². The number of benzene rings is 2. The molecule has 1 heterocycles. The monoisotopic (exact) mass is 549 g/mol. The molecule has 2 aromatic carbocycles. The second-order valence-corrected chi connectivity index (χ2v) is 10.3. The zero-order valence-corrected chi connectivity index (χ0v) is 20.8. The van der Waals surface area contributed by atoms with Crippen molar-refractivity contribution in [1.82, 2.24) is 10.2 Å². The largest absolute Gasteiger partial charge is 0.465 e. The molecule has 1 unspecified atom stereocenters. The summed E-state index contributed by atoms with van der Waals surface area (Å²) in [5.41, 5.74) is -3.69. The van der Waals surface area contributed by atoms with Gasteiger partial charge in [-0.2, -0.15) is 26.3 Å². The van der Waals surface area contributed by atoms with Crippen LogP contribution < -0.4 is 10.6 Å². The van der Waals surface area contributed by atoms with E-state index in [1.807, 2.05) is 5.32 Å². The molecule has 38 heavy (non-hydrogen) atoms. The van der Waals surface area contributed by atoms with Gasteiger partial charge in [-0.15, -0.1) is 0 Å². The Morgan fingerprint density at radius 3 is 1.95 bits per heavy atom. The minimum atomic E-state index is -5.11. The van der Waals surface area contributed by atoms with Crippen LogP contribution in [0.3, 0.4) is 0 Å². The van der Waals surface area contributed by atoms with Crippen LogP contribution in [0.1, 0.15) is 48.9 Å². The lowest BCUT2D eigenvalue weighted by Crippen LogP contribution is -2.54. The van der Waals surface area contributed by atoms with Gasteiger partial charge in [-0.05, 0) is 53.8 Å². The molecule has 2 aromatic rings. The van der Waals surface area contributed by atoms with Gasteiger partial charge in [0.05, 0.1) is 23.2 Å². The lowest BCUT2D eigenvalue weighted by Gasteiger charge is -2.37. The molecule has 1 aliphatic rings. The molecule has 3 amide bonds. The Morgan fingerprint density at radius 1 is 0.947 bits per heavy atom. The first kappa shape index (κ1) is 29.1. The van der Waals surface area contributed by atoms with Crippen molar-refractivity contribution in [2.45, 2.75) is 58.0 Å². The van der Waals surface area contributed by atoms with E-state index in [0.717, 1.165) is 4.90 Å². The molecule has 208 valence electrons. The summed E-state index contributed by atoms with van der Waals surface area (Å²) in [6, 6.07) is 1.62. The lowest BCUT2D eigenvalue weighted by molar-refractivity contribution is -0.143. The third-order valence-corrected chi connectivity index (χ3v) is 6.41. The molecular formula is C25H26F7N3O3. The minimum absolute atomic E-state index is 0.0617. The number of aryl methyl sites for hydroxylation is 1. The van der Waals surface area contributed by atoms with Gasteiger partial charge in [-0.25, -0.2) is 14.0 Å². The molecule has 1 saturated heterocycles. The molecule has 0 aromatic heterocycles. The van der Waals surface area contributed by atoms with E-state index in [-0.39, 0.29) is 12.6 Å². The van der Waals surface area contributed by atoms with Crippen LogP contribution in [0.2, 0.25) is 0 Å². The Bertz CT molecular complexity index is 1190. The number of hydrogen-bond donors (Lipinski definition) is 3. The Hall–Kier alpha value is -3.51. The molecule has 6 nitrogen and oxygen atoms in total. The number of carboxylic acid groups (broad SMARTS) is 1. The number of rotatable bonds is 3. The number of urea groups is 1. The Kier molecular flexibility index (Phi) is 7.64. The number of carbonyl (C=O) groups excluding carboxylic acids is 1. The highest BCUT2D eigenvalue weighted by atomic mass is 19.4. The zero-order valence-electron chi connectivity index (χ0n) is 20.8. The summed E-state index contributed by atoms with van der Waals surface area (Å²) in [6.45, 7) is 6.69. The van der Waals surface area contributed by atoms with Crippen molar-refractivity contribution >= 4 is 17.8 Å². The van der Waals surface area contributed by atoms with Crippen LogP contribution in [-0.4, -0.2) is 40.8 Å². The van der Waals surface area contributed by atoms with Gasteiger partial charge >= 0.3 is 24.5 Å². The Labute approximate surface area is 213 Å². The summed E-state index contributed by atoms with van der Waals surface area (Å²) in [7, 11) is 0. The summed E-state index contributed by atoms with van der Waals surface area (Å²) in [4.78, 5) is 26.1. The minimum Gasteiger partial charge on any atom is -0.465 e. The van der Waals surface area contributed by atoms with Gasteiger partial charge in [-0.3, -0.25) is 0 Å². The van der Waals surface area contributed by atoms with E-state index >= 15 is 0 Å². The maximum Gasteiger partial charge on any atom is 0.416 e. The quantitative estimate of drug-likeness (QED) is 0.366. The molecular weight excluding hydrogens is 523 g/mol. The van der Waals surface area contributed by atoms with Gasteiger partial charge in [0.2, 0.25) is 0 Å². The highest BCUT2D eigenvalue weighted by Crippen LogP contribution is 2.42. The summed E-state index contributed by atoms with van der Waals surface area (Å²) >= 11 is 0. The molecule has 0 saturated carbocycles. The molecule has 0 bridgehead atoms. The van der Waals surface area contributed by atoms with Crippen LogP contribution in [0, 0.1) is 18.2 Å². The fourth-order valence-electron chi connectivity index (χ4n) is 4.93. The summed E-state index contributed by atoms with van der Waals surface area (Å²) in [5.74, 6) is -1.21. The van der Waals surface area contributed by atoms with Crippen LogP contribution in [0.25, 0.3) is 0 Å². The number of alkyl halides is 6. The third kappa shape index (κ3) is 6.30. The number of halogens is 7. The first-order chi connectivity index (χ1) is 17.3. The maximum atomic E-state index is 13.7. The predicted octanol–water partition coefficient (Wildman–Crippen LogP) is 6.85. The first-order valence-electron chi connectivity index (χ1n) is 11.4. The highest BCUT2D eigenvalue weighted by molar-refractivity contribution is 5.90. The van der Waals surface area contributed by atoms with Crippen LogP contribution in [0.4, 0.5) is 46.0 Å². The summed E-state index contributed by atoms with van der Waals surface area (Å²) in [5, 5.41) is 14.4. The number of likely N-dealkylation sites (tertiary alicyclic amines) is 1. The smallest absolute Gasteiger partial charge is 0.416 e. The van der Waals surface area contributed by atoms with Crippen molar-refractivity contribution in [2.75, 3.05) is 11.9 Å². The van der Waals surface area contributed by atoms with E-state index in [0.29, 0.717) is 23.3 Å². The fourth-order valence-corrected chi connectivity index (χ4v) is 4.93. The topological polar surface area (TPSA) is 81.7 Å². The van der Waals surface area contributed by atoms with Crippen molar-refractivity contribution in [3.8, 4) is 0 Å². The molecule has 0 radical (unpaired) electrons. The molecule has 3 atom stereocenters.